The highest BCUT2D eigenvalue weighted by Gasteiger charge is 2.11. The van der Waals surface area contributed by atoms with Crippen molar-refractivity contribution in [3.05, 3.63) is 71.8 Å². The maximum Gasteiger partial charge on any atom is 0.250 e. The van der Waals surface area contributed by atoms with Crippen LogP contribution in [0.5, 0.6) is 0 Å². The molecular weight excluding hydrogens is 250 g/mol. The van der Waals surface area contributed by atoms with Crippen LogP contribution in [-0.4, -0.2) is 19.2 Å². The van der Waals surface area contributed by atoms with Gasteiger partial charge >= 0.3 is 0 Å². The average molecular weight is 265 g/mol. The summed E-state index contributed by atoms with van der Waals surface area (Å²) in [6.45, 7) is 0. The summed E-state index contributed by atoms with van der Waals surface area (Å²) in [5.74, 6) is -0.178. The zero-order chi connectivity index (χ0) is 14.4. The summed E-state index contributed by atoms with van der Waals surface area (Å²) in [5, 5.41) is 0. The minimum absolute atomic E-state index is 0.178. The van der Waals surface area contributed by atoms with Crippen LogP contribution in [0.25, 0.3) is 6.08 Å². The first-order chi connectivity index (χ1) is 9.72. The van der Waals surface area contributed by atoms with Crippen LogP contribution in [0.4, 0.5) is 5.69 Å². The van der Waals surface area contributed by atoms with E-state index in [1.807, 2.05) is 30.3 Å². The standard InChI is InChI=1S/C17H15NO2/c1-18(16-10-6-5-9-15(16)13-19)17(20)12-11-14-7-3-2-4-8-14/h2-13H,1H3. The van der Waals surface area contributed by atoms with Crippen molar-refractivity contribution in [3.8, 4) is 0 Å². The second-order valence-corrected chi connectivity index (χ2v) is 4.32. The van der Waals surface area contributed by atoms with E-state index in [9.17, 15) is 9.59 Å². The monoisotopic (exact) mass is 265 g/mol. The smallest absolute Gasteiger partial charge is 0.250 e. The Kier molecular flexibility index (Phi) is 4.45. The molecule has 0 radical (unpaired) electrons. The van der Waals surface area contributed by atoms with Gasteiger partial charge in [0.1, 0.15) is 0 Å². The van der Waals surface area contributed by atoms with E-state index in [-0.39, 0.29) is 5.91 Å². The Labute approximate surface area is 118 Å². The quantitative estimate of drug-likeness (QED) is 0.629. The number of rotatable bonds is 4. The predicted octanol–water partition coefficient (Wildman–Crippen LogP) is 3.18. The topological polar surface area (TPSA) is 37.4 Å². The van der Waals surface area contributed by atoms with Gasteiger partial charge in [-0.15, -0.1) is 0 Å². The van der Waals surface area contributed by atoms with E-state index in [1.54, 1.807) is 37.4 Å². The summed E-state index contributed by atoms with van der Waals surface area (Å²) in [6, 6.07) is 16.6. The Morgan fingerprint density at radius 1 is 1.00 bits per heavy atom. The largest absolute Gasteiger partial charge is 0.311 e. The molecule has 0 spiro atoms. The van der Waals surface area contributed by atoms with Gasteiger partial charge in [0.05, 0.1) is 5.69 Å². The Bertz CT molecular complexity index is 632. The first kappa shape index (κ1) is 13.7. The summed E-state index contributed by atoms with van der Waals surface area (Å²) in [4.78, 5) is 24.5. The van der Waals surface area contributed by atoms with Crippen molar-refractivity contribution in [2.75, 3.05) is 11.9 Å². The molecule has 0 aliphatic heterocycles. The molecule has 100 valence electrons. The van der Waals surface area contributed by atoms with Crippen LogP contribution in [0, 0.1) is 0 Å². The minimum Gasteiger partial charge on any atom is -0.311 e. The number of likely N-dealkylation sites (N-methyl/N-ethyl adjacent to an activating group) is 1. The molecule has 0 saturated carbocycles. The van der Waals surface area contributed by atoms with Crippen LogP contribution >= 0.6 is 0 Å². The molecule has 0 bridgehead atoms. The summed E-state index contributed by atoms with van der Waals surface area (Å²) in [5.41, 5.74) is 2.06. The number of carbonyl (C=O) groups excluding carboxylic acids is 2. The van der Waals surface area contributed by atoms with E-state index < -0.39 is 0 Å². The zero-order valence-corrected chi connectivity index (χ0v) is 11.2. The van der Waals surface area contributed by atoms with Crippen molar-refractivity contribution in [2.24, 2.45) is 0 Å². The first-order valence-electron chi connectivity index (χ1n) is 6.27. The fourth-order valence-corrected chi connectivity index (χ4v) is 1.85. The van der Waals surface area contributed by atoms with Crippen LogP contribution < -0.4 is 4.90 Å². The lowest BCUT2D eigenvalue weighted by atomic mass is 10.1. The number of para-hydroxylation sites is 1. The van der Waals surface area contributed by atoms with Gasteiger partial charge in [-0.25, -0.2) is 0 Å². The predicted molar refractivity (Wildman–Crippen MR) is 80.7 cm³/mol. The molecule has 20 heavy (non-hydrogen) atoms. The van der Waals surface area contributed by atoms with E-state index in [4.69, 9.17) is 0 Å². The molecule has 2 aromatic carbocycles. The van der Waals surface area contributed by atoms with Crippen molar-refractivity contribution >= 4 is 24.0 Å². The van der Waals surface area contributed by atoms with E-state index >= 15 is 0 Å². The van der Waals surface area contributed by atoms with Crippen LogP contribution in [-0.2, 0) is 4.79 Å². The summed E-state index contributed by atoms with van der Waals surface area (Å²) in [7, 11) is 1.65. The highest BCUT2D eigenvalue weighted by molar-refractivity contribution is 6.05. The number of nitrogens with zero attached hydrogens (tertiary/aromatic N) is 1. The lowest BCUT2D eigenvalue weighted by Crippen LogP contribution is -2.25. The van der Waals surface area contributed by atoms with Crippen molar-refractivity contribution < 1.29 is 9.59 Å². The fourth-order valence-electron chi connectivity index (χ4n) is 1.85. The van der Waals surface area contributed by atoms with Crippen molar-refractivity contribution in [1.82, 2.24) is 0 Å². The van der Waals surface area contributed by atoms with E-state index in [2.05, 4.69) is 0 Å². The van der Waals surface area contributed by atoms with Gasteiger partial charge < -0.3 is 4.90 Å². The van der Waals surface area contributed by atoms with E-state index in [0.717, 1.165) is 11.8 Å². The third kappa shape index (κ3) is 3.20. The Hall–Kier alpha value is -2.68. The number of benzene rings is 2. The van der Waals surface area contributed by atoms with Crippen molar-refractivity contribution in [3.63, 3.8) is 0 Å². The molecule has 0 aliphatic rings. The third-order valence-electron chi connectivity index (χ3n) is 2.97. The Morgan fingerprint density at radius 2 is 1.65 bits per heavy atom. The Balaban J connectivity index is 2.17. The number of hydrogen-bond donors (Lipinski definition) is 0. The van der Waals surface area contributed by atoms with Crippen LogP contribution in [0.3, 0.4) is 0 Å². The molecule has 0 heterocycles. The lowest BCUT2D eigenvalue weighted by Gasteiger charge is -2.16. The van der Waals surface area contributed by atoms with Crippen molar-refractivity contribution in [2.45, 2.75) is 0 Å². The molecule has 0 aromatic heterocycles. The van der Waals surface area contributed by atoms with Gasteiger partial charge in [-0.3, -0.25) is 9.59 Å². The van der Waals surface area contributed by atoms with Gasteiger partial charge in [-0.2, -0.15) is 0 Å². The van der Waals surface area contributed by atoms with Gasteiger partial charge in [-0.1, -0.05) is 42.5 Å². The molecular formula is C17H15NO2. The Morgan fingerprint density at radius 3 is 2.35 bits per heavy atom. The molecule has 2 rings (SSSR count). The zero-order valence-electron chi connectivity index (χ0n) is 11.2. The SMILES string of the molecule is CN(C(=O)C=Cc1ccccc1)c1ccccc1C=O. The molecule has 0 atom stereocenters. The number of anilines is 1. The maximum absolute atomic E-state index is 12.1. The molecule has 0 fully saturated rings. The highest BCUT2D eigenvalue weighted by Crippen LogP contribution is 2.17. The molecule has 0 N–H and O–H groups in total. The molecule has 3 heteroatoms. The number of hydrogen-bond acceptors (Lipinski definition) is 2. The van der Waals surface area contributed by atoms with Gasteiger partial charge in [0, 0.05) is 18.7 Å². The van der Waals surface area contributed by atoms with Gasteiger partial charge in [0.15, 0.2) is 6.29 Å². The summed E-state index contributed by atoms with van der Waals surface area (Å²) >= 11 is 0. The fraction of sp³-hybridized carbons (Fsp3) is 0.0588. The number of aldehydes is 1. The molecule has 0 saturated heterocycles. The summed E-state index contributed by atoms with van der Waals surface area (Å²) < 4.78 is 0. The van der Waals surface area contributed by atoms with E-state index in [1.165, 1.54) is 11.0 Å². The van der Waals surface area contributed by atoms with Crippen molar-refractivity contribution in [1.29, 1.82) is 0 Å². The van der Waals surface area contributed by atoms with E-state index in [0.29, 0.717) is 11.3 Å². The minimum atomic E-state index is -0.178. The van der Waals surface area contributed by atoms with Crippen LogP contribution in [0.2, 0.25) is 0 Å². The molecule has 0 unspecified atom stereocenters. The molecule has 2 aromatic rings. The van der Waals surface area contributed by atoms with Gasteiger partial charge in [0.2, 0.25) is 0 Å². The average Bonchev–Trinajstić information content (AvgIpc) is 2.52. The second-order valence-electron chi connectivity index (χ2n) is 4.32. The lowest BCUT2D eigenvalue weighted by molar-refractivity contribution is -0.113. The highest BCUT2D eigenvalue weighted by atomic mass is 16.2. The second kappa shape index (κ2) is 6.48. The number of amides is 1. The number of carbonyl (C=O) groups is 2. The molecule has 0 aliphatic carbocycles. The van der Waals surface area contributed by atoms with Crippen LogP contribution in [0.15, 0.2) is 60.7 Å². The molecule has 3 nitrogen and oxygen atoms in total. The van der Waals surface area contributed by atoms with Gasteiger partial charge in [-0.05, 0) is 23.8 Å². The van der Waals surface area contributed by atoms with Crippen LogP contribution in [0.1, 0.15) is 15.9 Å². The third-order valence-corrected chi connectivity index (χ3v) is 2.97. The summed E-state index contributed by atoms with van der Waals surface area (Å²) in [6.07, 6.45) is 4.00. The normalized spacial score (nSPS) is 10.4. The molecule has 1 amide bonds. The maximum atomic E-state index is 12.1. The van der Waals surface area contributed by atoms with Gasteiger partial charge in [0.25, 0.3) is 5.91 Å². The first-order valence-corrected chi connectivity index (χ1v) is 6.27.